The lowest BCUT2D eigenvalue weighted by Gasteiger charge is -2.45. The van der Waals surface area contributed by atoms with E-state index in [-0.39, 0.29) is 17.9 Å². The molecule has 1 N–H and O–H groups in total. The van der Waals surface area contributed by atoms with E-state index >= 15 is 0 Å². The summed E-state index contributed by atoms with van der Waals surface area (Å²) in [5.41, 5.74) is 0.868. The number of amides is 2. The van der Waals surface area contributed by atoms with Gasteiger partial charge in [-0.2, -0.15) is 0 Å². The molecule has 7 heteroatoms. The SMILES string of the molecule is CCOCCCN1C(=O)c2cc3sc(CC)cc3n2C[C@@]1(C)C(=O)NC1CCCCC1. The molecule has 0 spiro atoms. The number of thiophene rings is 1. The maximum absolute atomic E-state index is 13.6. The van der Waals surface area contributed by atoms with Crippen molar-refractivity contribution >= 4 is 33.4 Å². The second-order valence-electron chi connectivity index (χ2n) is 9.02. The highest BCUT2D eigenvalue weighted by molar-refractivity contribution is 7.19. The summed E-state index contributed by atoms with van der Waals surface area (Å²) in [6.45, 7) is 8.32. The molecule has 0 unspecified atom stereocenters. The highest BCUT2D eigenvalue weighted by atomic mass is 32.1. The Labute approximate surface area is 188 Å². The van der Waals surface area contributed by atoms with Gasteiger partial charge in [-0.05, 0) is 51.7 Å². The van der Waals surface area contributed by atoms with Crippen LogP contribution in [0.1, 0.15) is 74.7 Å². The van der Waals surface area contributed by atoms with Crippen LogP contribution < -0.4 is 5.32 Å². The standard InChI is InChI=1S/C24H35N3O3S/c1-4-18-14-19-21(31-18)15-20-22(28)27(12-9-13-30-5-2)24(3,16-26(19)20)23(29)25-17-10-7-6-8-11-17/h14-15,17H,4-13,16H2,1-3H3,(H,25,29)/t24-/m0/s1. The number of carbonyl (C=O) groups is 2. The maximum Gasteiger partial charge on any atom is 0.271 e. The van der Waals surface area contributed by atoms with Crippen LogP contribution in [0.4, 0.5) is 0 Å². The minimum Gasteiger partial charge on any atom is -0.382 e. The number of rotatable bonds is 8. The average Bonchev–Trinajstić information content (AvgIpc) is 3.32. The molecule has 31 heavy (non-hydrogen) atoms. The fourth-order valence-electron chi connectivity index (χ4n) is 4.97. The van der Waals surface area contributed by atoms with Crippen molar-refractivity contribution in [2.24, 2.45) is 0 Å². The van der Waals surface area contributed by atoms with Crippen LogP contribution in [0.5, 0.6) is 0 Å². The monoisotopic (exact) mass is 445 g/mol. The number of ether oxygens (including phenoxy) is 1. The first-order chi connectivity index (χ1) is 15.0. The molecule has 0 saturated heterocycles. The van der Waals surface area contributed by atoms with E-state index < -0.39 is 5.54 Å². The van der Waals surface area contributed by atoms with Gasteiger partial charge in [0.05, 0.1) is 16.8 Å². The van der Waals surface area contributed by atoms with Crippen LogP contribution in [0.3, 0.4) is 0 Å². The number of aryl methyl sites for hydroxylation is 1. The van der Waals surface area contributed by atoms with E-state index in [1.165, 1.54) is 11.3 Å². The highest BCUT2D eigenvalue weighted by Crippen LogP contribution is 2.36. The maximum atomic E-state index is 13.6. The summed E-state index contributed by atoms with van der Waals surface area (Å²) in [6.07, 6.45) is 7.33. The van der Waals surface area contributed by atoms with E-state index in [0.29, 0.717) is 32.0 Å². The van der Waals surface area contributed by atoms with Crippen LogP contribution in [0.2, 0.25) is 0 Å². The molecule has 6 nitrogen and oxygen atoms in total. The van der Waals surface area contributed by atoms with E-state index in [4.69, 9.17) is 4.74 Å². The quantitative estimate of drug-likeness (QED) is 0.614. The summed E-state index contributed by atoms with van der Waals surface area (Å²) < 4.78 is 8.71. The summed E-state index contributed by atoms with van der Waals surface area (Å²) in [4.78, 5) is 30.3. The van der Waals surface area contributed by atoms with Gasteiger partial charge in [-0.1, -0.05) is 26.2 Å². The number of nitrogens with zero attached hydrogens (tertiary/aromatic N) is 2. The lowest BCUT2D eigenvalue weighted by molar-refractivity contribution is -0.133. The molecule has 3 heterocycles. The lowest BCUT2D eigenvalue weighted by Crippen LogP contribution is -2.65. The predicted molar refractivity (Wildman–Crippen MR) is 125 cm³/mol. The third-order valence-electron chi connectivity index (χ3n) is 6.82. The first-order valence-electron chi connectivity index (χ1n) is 11.8. The molecule has 0 radical (unpaired) electrons. The van der Waals surface area contributed by atoms with Crippen LogP contribution >= 0.6 is 11.3 Å². The molecule has 1 saturated carbocycles. The molecule has 1 atom stereocenters. The van der Waals surface area contributed by atoms with Gasteiger partial charge in [0.2, 0.25) is 5.91 Å². The van der Waals surface area contributed by atoms with Crippen LogP contribution in [-0.4, -0.2) is 52.6 Å². The highest BCUT2D eigenvalue weighted by Gasteiger charge is 2.48. The summed E-state index contributed by atoms with van der Waals surface area (Å²) in [6, 6.07) is 4.41. The van der Waals surface area contributed by atoms with Crippen molar-refractivity contribution in [1.82, 2.24) is 14.8 Å². The minimum absolute atomic E-state index is 0.0254. The van der Waals surface area contributed by atoms with E-state index in [9.17, 15) is 9.59 Å². The zero-order chi connectivity index (χ0) is 22.0. The topological polar surface area (TPSA) is 63.6 Å². The van der Waals surface area contributed by atoms with Gasteiger partial charge in [-0.25, -0.2) is 0 Å². The number of aromatic nitrogens is 1. The Morgan fingerprint density at radius 2 is 2.03 bits per heavy atom. The van der Waals surface area contributed by atoms with Gasteiger partial charge in [0.15, 0.2) is 0 Å². The Hall–Kier alpha value is -1.86. The molecule has 1 aliphatic heterocycles. The van der Waals surface area contributed by atoms with E-state index in [1.54, 1.807) is 16.2 Å². The zero-order valence-electron chi connectivity index (χ0n) is 19.0. The third-order valence-corrected chi connectivity index (χ3v) is 8.03. The van der Waals surface area contributed by atoms with Gasteiger partial charge in [0.25, 0.3) is 5.91 Å². The Morgan fingerprint density at radius 3 is 2.74 bits per heavy atom. The second-order valence-corrected chi connectivity index (χ2v) is 10.2. The molecule has 2 aromatic heterocycles. The van der Waals surface area contributed by atoms with Crippen LogP contribution in [0.25, 0.3) is 10.2 Å². The molecular formula is C24H35N3O3S. The smallest absolute Gasteiger partial charge is 0.271 e. The largest absolute Gasteiger partial charge is 0.382 e. The molecule has 2 amide bonds. The molecule has 0 bridgehead atoms. The van der Waals surface area contributed by atoms with Crippen molar-refractivity contribution in [1.29, 1.82) is 0 Å². The van der Waals surface area contributed by atoms with E-state index in [2.05, 4.69) is 22.9 Å². The third kappa shape index (κ3) is 4.27. The van der Waals surface area contributed by atoms with E-state index in [1.807, 2.05) is 19.9 Å². The number of hydrogen-bond acceptors (Lipinski definition) is 4. The van der Waals surface area contributed by atoms with Crippen molar-refractivity contribution in [3.05, 3.63) is 22.7 Å². The van der Waals surface area contributed by atoms with Crippen molar-refractivity contribution in [3.63, 3.8) is 0 Å². The normalized spacial score (nSPS) is 22.2. The second kappa shape index (κ2) is 9.33. The minimum atomic E-state index is -0.909. The molecular weight excluding hydrogens is 410 g/mol. The Bertz CT molecular complexity index is 943. The van der Waals surface area contributed by atoms with Gasteiger partial charge < -0.3 is 19.5 Å². The number of fused-ring (bicyclic) bond motifs is 3. The first-order valence-corrected chi connectivity index (χ1v) is 12.6. The molecule has 1 aliphatic carbocycles. The summed E-state index contributed by atoms with van der Waals surface area (Å²) in [7, 11) is 0. The molecule has 170 valence electrons. The molecule has 4 rings (SSSR count). The first kappa shape index (κ1) is 22.3. The zero-order valence-corrected chi connectivity index (χ0v) is 19.9. The van der Waals surface area contributed by atoms with Gasteiger partial charge in [-0.15, -0.1) is 11.3 Å². The van der Waals surface area contributed by atoms with E-state index in [0.717, 1.165) is 48.7 Å². The van der Waals surface area contributed by atoms with Gasteiger partial charge in [0, 0.05) is 30.7 Å². The van der Waals surface area contributed by atoms with Crippen molar-refractivity contribution < 1.29 is 14.3 Å². The number of carbonyl (C=O) groups excluding carboxylic acids is 2. The molecule has 1 fully saturated rings. The molecule has 2 aromatic rings. The van der Waals surface area contributed by atoms with Gasteiger partial charge >= 0.3 is 0 Å². The van der Waals surface area contributed by atoms with Crippen molar-refractivity contribution in [3.8, 4) is 0 Å². The predicted octanol–water partition coefficient (Wildman–Crippen LogP) is 4.36. The molecule has 2 aliphatic rings. The fraction of sp³-hybridized carbons (Fsp3) is 0.667. The number of hydrogen-bond donors (Lipinski definition) is 1. The van der Waals surface area contributed by atoms with Gasteiger partial charge in [-0.3, -0.25) is 9.59 Å². The van der Waals surface area contributed by atoms with Crippen molar-refractivity contribution in [2.45, 2.75) is 83.8 Å². The van der Waals surface area contributed by atoms with Gasteiger partial charge in [0.1, 0.15) is 11.2 Å². The average molecular weight is 446 g/mol. The van der Waals surface area contributed by atoms with Crippen molar-refractivity contribution in [2.75, 3.05) is 19.8 Å². The van der Waals surface area contributed by atoms with Crippen LogP contribution in [0, 0.1) is 0 Å². The Balaban J connectivity index is 1.65. The van der Waals surface area contributed by atoms with Crippen LogP contribution in [0.15, 0.2) is 12.1 Å². The Morgan fingerprint density at radius 1 is 1.26 bits per heavy atom. The molecule has 0 aromatic carbocycles. The Kier molecular flexibility index (Phi) is 6.72. The summed E-state index contributed by atoms with van der Waals surface area (Å²) in [5, 5.41) is 3.29. The summed E-state index contributed by atoms with van der Waals surface area (Å²) in [5.74, 6) is -0.0758. The fourth-order valence-corrected chi connectivity index (χ4v) is 6.01. The van der Waals surface area contributed by atoms with Crippen LogP contribution in [-0.2, 0) is 22.5 Å². The number of nitrogens with one attached hydrogen (secondary N) is 1. The lowest BCUT2D eigenvalue weighted by atomic mass is 9.91. The summed E-state index contributed by atoms with van der Waals surface area (Å²) >= 11 is 1.74.